The summed E-state index contributed by atoms with van der Waals surface area (Å²) in [6.07, 6.45) is 3.47. The Kier molecular flexibility index (Phi) is 5.95. The second-order valence-corrected chi connectivity index (χ2v) is 8.21. The van der Waals surface area contributed by atoms with Gasteiger partial charge >= 0.3 is 0 Å². The van der Waals surface area contributed by atoms with Crippen LogP contribution < -0.4 is 9.46 Å². The van der Waals surface area contributed by atoms with Gasteiger partial charge in [0.25, 0.3) is 0 Å². The monoisotopic (exact) mass is 382 g/mol. The fraction of sp³-hybridized carbons (Fsp3) is 0.444. The predicted octanol–water partition coefficient (Wildman–Crippen LogP) is 2.62. The highest BCUT2D eigenvalue weighted by Gasteiger charge is 2.23. The molecule has 0 radical (unpaired) electrons. The number of halogens is 1. The molecule has 2 heterocycles. The number of methoxy groups -OCH3 is 1. The first-order chi connectivity index (χ1) is 12.5. The van der Waals surface area contributed by atoms with Crippen LogP contribution in [0.2, 0.25) is 0 Å². The zero-order chi connectivity index (χ0) is 18.6. The topological polar surface area (TPSA) is 71.8 Å². The summed E-state index contributed by atoms with van der Waals surface area (Å²) in [6, 6.07) is 7.47. The summed E-state index contributed by atoms with van der Waals surface area (Å²) in [6.45, 7) is 2.91. The molecule has 26 heavy (non-hydrogen) atoms. The van der Waals surface area contributed by atoms with Gasteiger partial charge < -0.3 is 9.15 Å². The van der Waals surface area contributed by atoms with Gasteiger partial charge in [-0.15, -0.1) is 0 Å². The van der Waals surface area contributed by atoms with Crippen molar-refractivity contribution < 1.29 is 22.0 Å². The van der Waals surface area contributed by atoms with Crippen molar-refractivity contribution in [2.45, 2.75) is 24.3 Å². The van der Waals surface area contributed by atoms with Crippen molar-refractivity contribution >= 4 is 10.0 Å². The van der Waals surface area contributed by atoms with Gasteiger partial charge in [0.15, 0.2) is 11.6 Å². The van der Waals surface area contributed by atoms with Gasteiger partial charge in [-0.05, 0) is 62.2 Å². The third kappa shape index (κ3) is 4.63. The predicted molar refractivity (Wildman–Crippen MR) is 94.8 cm³/mol. The summed E-state index contributed by atoms with van der Waals surface area (Å²) in [7, 11) is -2.40. The molecule has 142 valence electrons. The van der Waals surface area contributed by atoms with Crippen LogP contribution in [-0.4, -0.2) is 40.1 Å². The summed E-state index contributed by atoms with van der Waals surface area (Å²) in [5.74, 6) is 0.529. The lowest BCUT2D eigenvalue weighted by Crippen LogP contribution is -2.38. The largest absolute Gasteiger partial charge is 0.494 e. The number of furan rings is 1. The minimum absolute atomic E-state index is 0.0212. The van der Waals surface area contributed by atoms with Crippen LogP contribution in [0.25, 0.3) is 0 Å². The molecule has 0 atom stereocenters. The molecule has 8 heteroatoms. The molecule has 0 spiro atoms. The molecule has 0 unspecified atom stereocenters. The first-order valence-electron chi connectivity index (χ1n) is 8.56. The maximum Gasteiger partial charge on any atom is 0.240 e. The summed E-state index contributed by atoms with van der Waals surface area (Å²) in [5.41, 5.74) is 0. The Balaban J connectivity index is 1.50. The number of benzene rings is 1. The average Bonchev–Trinajstić information content (AvgIpc) is 3.14. The molecule has 0 amide bonds. The SMILES string of the molecule is COc1ccc(S(=O)(=O)NCC2CCN(Cc3ccco3)CC2)cc1F. The number of sulfonamides is 1. The number of likely N-dealkylation sites (tertiary alicyclic amines) is 1. The van der Waals surface area contributed by atoms with Crippen molar-refractivity contribution in [1.82, 2.24) is 9.62 Å². The fourth-order valence-electron chi connectivity index (χ4n) is 3.10. The first-order valence-corrected chi connectivity index (χ1v) is 10.0. The van der Waals surface area contributed by atoms with Crippen molar-refractivity contribution in [1.29, 1.82) is 0 Å². The van der Waals surface area contributed by atoms with E-state index in [1.807, 2.05) is 12.1 Å². The molecule has 1 saturated heterocycles. The van der Waals surface area contributed by atoms with E-state index in [1.165, 1.54) is 19.2 Å². The van der Waals surface area contributed by atoms with Gasteiger partial charge in [0.2, 0.25) is 10.0 Å². The summed E-state index contributed by atoms with van der Waals surface area (Å²) >= 11 is 0. The third-order valence-corrected chi connectivity index (χ3v) is 6.08. The molecule has 0 bridgehead atoms. The van der Waals surface area contributed by atoms with Crippen LogP contribution in [0.15, 0.2) is 45.9 Å². The average molecular weight is 382 g/mol. The van der Waals surface area contributed by atoms with Crippen LogP contribution in [0, 0.1) is 11.7 Å². The number of nitrogens with one attached hydrogen (secondary N) is 1. The Hall–Kier alpha value is -1.90. The van der Waals surface area contributed by atoms with Crippen molar-refractivity contribution in [3.63, 3.8) is 0 Å². The Labute approximate surface area is 153 Å². The minimum atomic E-state index is -3.74. The van der Waals surface area contributed by atoms with Gasteiger partial charge in [-0.25, -0.2) is 17.5 Å². The van der Waals surface area contributed by atoms with Crippen LogP contribution in [0.5, 0.6) is 5.75 Å². The van der Waals surface area contributed by atoms with Crippen LogP contribution in [0.1, 0.15) is 18.6 Å². The second-order valence-electron chi connectivity index (χ2n) is 6.45. The Morgan fingerprint density at radius 1 is 1.31 bits per heavy atom. The zero-order valence-corrected chi connectivity index (χ0v) is 15.5. The molecule has 1 aromatic heterocycles. The lowest BCUT2D eigenvalue weighted by atomic mass is 9.97. The third-order valence-electron chi connectivity index (χ3n) is 4.66. The highest BCUT2D eigenvalue weighted by molar-refractivity contribution is 7.89. The number of piperidine rings is 1. The molecule has 1 N–H and O–H groups in total. The van der Waals surface area contributed by atoms with Gasteiger partial charge in [-0.3, -0.25) is 4.90 Å². The van der Waals surface area contributed by atoms with E-state index >= 15 is 0 Å². The van der Waals surface area contributed by atoms with Crippen molar-refractivity contribution in [2.75, 3.05) is 26.7 Å². The van der Waals surface area contributed by atoms with Gasteiger partial charge in [0.1, 0.15) is 5.76 Å². The van der Waals surface area contributed by atoms with E-state index in [4.69, 9.17) is 9.15 Å². The smallest absolute Gasteiger partial charge is 0.240 e. The summed E-state index contributed by atoms with van der Waals surface area (Å²) in [5, 5.41) is 0. The van der Waals surface area contributed by atoms with Crippen molar-refractivity contribution in [2.24, 2.45) is 5.92 Å². The van der Waals surface area contributed by atoms with E-state index in [0.717, 1.165) is 44.3 Å². The van der Waals surface area contributed by atoms with Crippen molar-refractivity contribution in [3.05, 3.63) is 48.2 Å². The molecule has 6 nitrogen and oxygen atoms in total. The maximum atomic E-state index is 13.7. The van der Waals surface area contributed by atoms with Gasteiger partial charge in [0.05, 0.1) is 24.8 Å². The maximum absolute atomic E-state index is 13.7. The number of nitrogens with zero attached hydrogens (tertiary/aromatic N) is 1. The van der Waals surface area contributed by atoms with Gasteiger partial charge in [-0.2, -0.15) is 0 Å². The highest BCUT2D eigenvalue weighted by Crippen LogP contribution is 2.22. The van der Waals surface area contributed by atoms with E-state index < -0.39 is 15.8 Å². The van der Waals surface area contributed by atoms with E-state index in [0.29, 0.717) is 6.54 Å². The molecule has 1 aliphatic rings. The lowest BCUT2D eigenvalue weighted by Gasteiger charge is -2.31. The molecule has 1 aliphatic heterocycles. The molecule has 2 aromatic rings. The van der Waals surface area contributed by atoms with Gasteiger partial charge in [0, 0.05) is 6.54 Å². The normalized spacial score (nSPS) is 16.7. The highest BCUT2D eigenvalue weighted by atomic mass is 32.2. The zero-order valence-electron chi connectivity index (χ0n) is 14.7. The molecular weight excluding hydrogens is 359 g/mol. The van der Waals surface area contributed by atoms with E-state index in [9.17, 15) is 12.8 Å². The standard InChI is InChI=1S/C18H23FN2O4S/c1-24-18-5-4-16(11-17(18)19)26(22,23)20-12-14-6-8-21(9-7-14)13-15-3-2-10-25-15/h2-5,10-11,14,20H,6-9,12-13H2,1H3. The Morgan fingerprint density at radius 2 is 2.08 bits per heavy atom. The molecule has 1 aromatic carbocycles. The lowest BCUT2D eigenvalue weighted by molar-refractivity contribution is 0.168. The van der Waals surface area contributed by atoms with E-state index in [1.54, 1.807) is 6.26 Å². The second kappa shape index (κ2) is 8.20. The fourth-order valence-corrected chi connectivity index (χ4v) is 4.22. The first kappa shape index (κ1) is 18.9. The van der Waals surface area contributed by atoms with Crippen LogP contribution in [-0.2, 0) is 16.6 Å². The molecule has 0 saturated carbocycles. The van der Waals surface area contributed by atoms with Gasteiger partial charge in [-0.1, -0.05) is 0 Å². The number of ether oxygens (including phenoxy) is 1. The molecule has 1 fully saturated rings. The minimum Gasteiger partial charge on any atom is -0.494 e. The summed E-state index contributed by atoms with van der Waals surface area (Å²) < 4.78 is 51.2. The Bertz CT molecular complexity index is 816. The van der Waals surface area contributed by atoms with E-state index in [2.05, 4.69) is 9.62 Å². The van der Waals surface area contributed by atoms with Crippen LogP contribution in [0.4, 0.5) is 4.39 Å². The van der Waals surface area contributed by atoms with Crippen LogP contribution >= 0.6 is 0 Å². The number of rotatable bonds is 7. The quantitative estimate of drug-likeness (QED) is 0.797. The number of hydrogen-bond acceptors (Lipinski definition) is 5. The van der Waals surface area contributed by atoms with E-state index in [-0.39, 0.29) is 16.6 Å². The Morgan fingerprint density at radius 3 is 2.69 bits per heavy atom. The van der Waals surface area contributed by atoms with Crippen molar-refractivity contribution in [3.8, 4) is 5.75 Å². The summed E-state index contributed by atoms with van der Waals surface area (Å²) in [4.78, 5) is 2.20. The molecular formula is C18H23FN2O4S. The number of hydrogen-bond donors (Lipinski definition) is 1. The van der Waals surface area contributed by atoms with Crippen LogP contribution in [0.3, 0.4) is 0 Å². The molecule has 3 rings (SSSR count). The molecule has 0 aliphatic carbocycles.